The van der Waals surface area contributed by atoms with E-state index in [4.69, 9.17) is 16.3 Å². The number of nitrogens with one attached hydrogen (secondary N) is 1. The van der Waals surface area contributed by atoms with Gasteiger partial charge in [-0.3, -0.25) is 4.79 Å². The van der Waals surface area contributed by atoms with Crippen molar-refractivity contribution in [1.82, 2.24) is 4.31 Å². The molecule has 1 aliphatic rings. The lowest BCUT2D eigenvalue weighted by molar-refractivity contribution is 0.0730. The van der Waals surface area contributed by atoms with Crippen molar-refractivity contribution in [1.29, 1.82) is 0 Å². The maximum absolute atomic E-state index is 12.9. The maximum atomic E-state index is 12.9. The van der Waals surface area contributed by atoms with E-state index < -0.39 is 10.0 Å². The molecular weight excluding hydrogens is 388 g/mol. The molecule has 3 rings (SSSR count). The van der Waals surface area contributed by atoms with Gasteiger partial charge in [-0.15, -0.1) is 0 Å². The van der Waals surface area contributed by atoms with Gasteiger partial charge in [-0.25, -0.2) is 8.42 Å². The van der Waals surface area contributed by atoms with Crippen molar-refractivity contribution in [3.05, 3.63) is 58.1 Å². The minimum atomic E-state index is -3.76. The Morgan fingerprint density at radius 3 is 2.48 bits per heavy atom. The topological polar surface area (TPSA) is 75.7 Å². The van der Waals surface area contributed by atoms with Gasteiger partial charge in [-0.1, -0.05) is 29.3 Å². The minimum Gasteiger partial charge on any atom is -0.379 e. The van der Waals surface area contributed by atoms with Crippen LogP contribution in [0.2, 0.25) is 5.02 Å². The van der Waals surface area contributed by atoms with E-state index in [0.29, 0.717) is 24.5 Å². The van der Waals surface area contributed by atoms with Crippen molar-refractivity contribution >= 4 is 33.2 Å². The summed E-state index contributed by atoms with van der Waals surface area (Å²) in [7, 11) is -3.76. The number of nitrogens with zero attached hydrogens (tertiary/aromatic N) is 1. The third-order valence-electron chi connectivity index (χ3n) is 4.40. The van der Waals surface area contributed by atoms with Crippen LogP contribution in [0.1, 0.15) is 21.5 Å². The van der Waals surface area contributed by atoms with Crippen molar-refractivity contribution < 1.29 is 17.9 Å². The first-order chi connectivity index (χ1) is 12.8. The molecule has 2 aromatic rings. The Morgan fingerprint density at radius 1 is 1.11 bits per heavy atom. The van der Waals surface area contributed by atoms with Crippen LogP contribution in [0.4, 0.5) is 5.69 Å². The molecule has 1 aliphatic heterocycles. The third-order valence-corrected chi connectivity index (χ3v) is 6.78. The number of rotatable bonds is 4. The molecule has 1 saturated heterocycles. The first kappa shape index (κ1) is 19.8. The predicted octanol–water partition coefficient (Wildman–Crippen LogP) is 3.23. The Balaban J connectivity index is 1.88. The lowest BCUT2D eigenvalue weighted by atomic mass is 10.1. The van der Waals surface area contributed by atoms with Crippen molar-refractivity contribution in [2.24, 2.45) is 0 Å². The number of benzene rings is 2. The second kappa shape index (κ2) is 7.98. The summed E-state index contributed by atoms with van der Waals surface area (Å²) in [5, 5.41) is 2.87. The fraction of sp³-hybridized carbons (Fsp3) is 0.316. The van der Waals surface area contributed by atoms with Crippen LogP contribution in [0.25, 0.3) is 0 Å². The molecule has 144 valence electrons. The van der Waals surface area contributed by atoms with Crippen LogP contribution >= 0.6 is 11.6 Å². The Morgan fingerprint density at radius 2 is 1.81 bits per heavy atom. The first-order valence-electron chi connectivity index (χ1n) is 8.55. The Kier molecular flexibility index (Phi) is 5.86. The van der Waals surface area contributed by atoms with Crippen LogP contribution in [-0.4, -0.2) is 44.9 Å². The zero-order valence-corrected chi connectivity index (χ0v) is 16.7. The maximum Gasteiger partial charge on any atom is 0.255 e. The zero-order chi connectivity index (χ0) is 19.6. The van der Waals surface area contributed by atoms with E-state index in [0.717, 1.165) is 11.1 Å². The highest BCUT2D eigenvalue weighted by molar-refractivity contribution is 7.89. The zero-order valence-electron chi connectivity index (χ0n) is 15.2. The van der Waals surface area contributed by atoms with E-state index in [1.807, 2.05) is 26.0 Å². The molecule has 8 heteroatoms. The number of hydrogen-bond acceptors (Lipinski definition) is 4. The fourth-order valence-electron chi connectivity index (χ4n) is 2.97. The summed E-state index contributed by atoms with van der Waals surface area (Å²) in [4.78, 5) is 12.5. The van der Waals surface area contributed by atoms with Crippen LogP contribution in [0, 0.1) is 13.8 Å². The van der Waals surface area contributed by atoms with E-state index in [1.165, 1.54) is 16.4 Å². The first-order valence-corrected chi connectivity index (χ1v) is 10.4. The summed E-state index contributed by atoms with van der Waals surface area (Å²) in [5.74, 6) is -0.301. The molecule has 1 N–H and O–H groups in total. The standard InChI is InChI=1S/C19H21ClN2O4S/c1-13-3-5-16(14(2)11-13)19(23)21-15-4-6-17(20)18(12-15)27(24,25)22-7-9-26-10-8-22/h3-6,11-12H,7-10H2,1-2H3,(H,21,23). The number of carbonyl (C=O) groups is 1. The summed E-state index contributed by atoms with van der Waals surface area (Å²) in [5.41, 5.74) is 2.82. The molecule has 1 amide bonds. The lowest BCUT2D eigenvalue weighted by Gasteiger charge is -2.26. The SMILES string of the molecule is Cc1ccc(C(=O)Nc2ccc(Cl)c(S(=O)(=O)N3CCOCC3)c2)c(C)c1. The third kappa shape index (κ3) is 4.32. The number of ether oxygens (including phenoxy) is 1. The fourth-order valence-corrected chi connectivity index (χ4v) is 4.88. The molecule has 27 heavy (non-hydrogen) atoms. The number of hydrogen-bond donors (Lipinski definition) is 1. The number of sulfonamides is 1. The van der Waals surface area contributed by atoms with Gasteiger partial charge in [0.1, 0.15) is 4.90 Å². The second-order valence-corrected chi connectivity index (χ2v) is 8.75. The van der Waals surface area contributed by atoms with Crippen LogP contribution in [0.15, 0.2) is 41.3 Å². The Labute approximate surface area is 164 Å². The van der Waals surface area contributed by atoms with Gasteiger partial charge in [0, 0.05) is 24.3 Å². The predicted molar refractivity (Wildman–Crippen MR) is 105 cm³/mol. The van der Waals surface area contributed by atoms with E-state index in [1.54, 1.807) is 12.1 Å². The summed E-state index contributed by atoms with van der Waals surface area (Å²) in [6, 6.07) is 9.99. The van der Waals surface area contributed by atoms with E-state index in [2.05, 4.69) is 5.32 Å². The quantitative estimate of drug-likeness (QED) is 0.842. The van der Waals surface area contributed by atoms with Crippen molar-refractivity contribution in [3.63, 3.8) is 0 Å². The highest BCUT2D eigenvalue weighted by atomic mass is 35.5. The van der Waals surface area contributed by atoms with Crippen LogP contribution < -0.4 is 5.32 Å². The van der Waals surface area contributed by atoms with Gasteiger partial charge in [0.05, 0.1) is 18.2 Å². The largest absolute Gasteiger partial charge is 0.379 e. The van der Waals surface area contributed by atoms with Gasteiger partial charge in [0.2, 0.25) is 10.0 Å². The van der Waals surface area contributed by atoms with Crippen molar-refractivity contribution in [3.8, 4) is 0 Å². The monoisotopic (exact) mass is 408 g/mol. The highest BCUT2D eigenvalue weighted by Crippen LogP contribution is 2.28. The molecule has 6 nitrogen and oxygen atoms in total. The van der Waals surface area contributed by atoms with Crippen molar-refractivity contribution in [2.75, 3.05) is 31.6 Å². The van der Waals surface area contributed by atoms with Gasteiger partial charge >= 0.3 is 0 Å². The van der Waals surface area contributed by atoms with Crippen LogP contribution in [-0.2, 0) is 14.8 Å². The highest BCUT2D eigenvalue weighted by Gasteiger charge is 2.28. The number of morpholine rings is 1. The summed E-state index contributed by atoms with van der Waals surface area (Å²) >= 11 is 6.15. The lowest BCUT2D eigenvalue weighted by Crippen LogP contribution is -2.40. The summed E-state index contributed by atoms with van der Waals surface area (Å²) < 4.78 is 32.3. The average molecular weight is 409 g/mol. The smallest absolute Gasteiger partial charge is 0.255 e. The average Bonchev–Trinajstić information content (AvgIpc) is 2.63. The Bertz CT molecular complexity index is 970. The summed E-state index contributed by atoms with van der Waals surface area (Å²) in [6.07, 6.45) is 0. The van der Waals surface area contributed by atoms with Crippen molar-refractivity contribution in [2.45, 2.75) is 18.7 Å². The molecule has 0 spiro atoms. The number of carbonyl (C=O) groups excluding carboxylic acids is 1. The van der Waals surface area contributed by atoms with Gasteiger partial charge in [-0.05, 0) is 43.7 Å². The second-order valence-electron chi connectivity index (χ2n) is 6.43. The normalized spacial score (nSPS) is 15.5. The molecule has 0 bridgehead atoms. The Hall–Kier alpha value is -1.93. The van der Waals surface area contributed by atoms with E-state index in [-0.39, 0.29) is 28.9 Å². The van der Waals surface area contributed by atoms with Gasteiger partial charge in [-0.2, -0.15) is 4.31 Å². The molecule has 0 saturated carbocycles. The molecule has 0 radical (unpaired) electrons. The van der Waals surface area contributed by atoms with Gasteiger partial charge < -0.3 is 10.1 Å². The van der Waals surface area contributed by atoms with Crippen LogP contribution in [0.5, 0.6) is 0 Å². The van der Waals surface area contributed by atoms with Crippen LogP contribution in [0.3, 0.4) is 0 Å². The molecule has 0 unspecified atom stereocenters. The molecule has 0 aromatic heterocycles. The molecular formula is C19H21ClN2O4S. The number of amides is 1. The van der Waals surface area contributed by atoms with Gasteiger partial charge in [0.15, 0.2) is 0 Å². The molecule has 1 fully saturated rings. The minimum absolute atomic E-state index is 0.0236. The summed E-state index contributed by atoms with van der Waals surface area (Å²) in [6.45, 7) is 5.06. The molecule has 0 aliphatic carbocycles. The van der Waals surface area contributed by atoms with E-state index in [9.17, 15) is 13.2 Å². The van der Waals surface area contributed by atoms with E-state index >= 15 is 0 Å². The van der Waals surface area contributed by atoms with Gasteiger partial charge in [0.25, 0.3) is 5.91 Å². The number of aryl methyl sites for hydroxylation is 2. The molecule has 1 heterocycles. The molecule has 2 aromatic carbocycles. The molecule has 0 atom stereocenters. The number of anilines is 1. The number of halogens is 1.